The Morgan fingerprint density at radius 1 is 0.960 bits per heavy atom. The van der Waals surface area contributed by atoms with Crippen molar-refractivity contribution < 1.29 is 48.0 Å². The van der Waals surface area contributed by atoms with Gasteiger partial charge >= 0.3 is 157 Å². The fourth-order valence-corrected chi connectivity index (χ4v) is 12.1. The molecule has 0 radical (unpaired) electrons. The predicted molar refractivity (Wildman–Crippen MR) is 98.8 cm³/mol. The second-order valence-corrected chi connectivity index (χ2v) is 13.3. The first-order valence-electron chi connectivity index (χ1n) is 8.21. The zero-order valence-electron chi connectivity index (χ0n) is 14.2. The molecule has 0 unspecified atom stereocenters. The Balaban J connectivity index is 0.00000113. The summed E-state index contributed by atoms with van der Waals surface area (Å²) in [6.45, 7) is 4.81. The molecule has 2 aromatic carbocycles. The summed E-state index contributed by atoms with van der Waals surface area (Å²) in [5.41, 5.74) is 6.00. The van der Waals surface area contributed by atoms with Gasteiger partial charge in [0.2, 0.25) is 0 Å². The van der Waals surface area contributed by atoms with Crippen molar-refractivity contribution in [2.45, 2.75) is 25.9 Å². The van der Waals surface area contributed by atoms with Crippen molar-refractivity contribution in [3.8, 4) is 11.1 Å². The number of fused-ring (bicyclic) bond motifs is 3. The van der Waals surface area contributed by atoms with Crippen molar-refractivity contribution in [3.05, 3.63) is 73.2 Å². The molecule has 0 atom stereocenters. The van der Waals surface area contributed by atoms with Crippen LogP contribution in [0.15, 0.2) is 62.1 Å². The third-order valence-corrected chi connectivity index (χ3v) is 11.6. The van der Waals surface area contributed by atoms with E-state index in [0.29, 0.717) is 0 Å². The minimum Gasteiger partial charge on any atom is -1.00 e. The van der Waals surface area contributed by atoms with Crippen LogP contribution in [0.3, 0.4) is 0 Å². The first-order chi connectivity index (χ1) is 11.1. The third-order valence-electron chi connectivity index (χ3n) is 4.78. The Morgan fingerprint density at radius 2 is 1.68 bits per heavy atom. The number of hydrogen-bond acceptors (Lipinski definition) is 0. The van der Waals surface area contributed by atoms with E-state index in [1.165, 1.54) is 16.7 Å². The zero-order chi connectivity index (χ0) is 16.0. The van der Waals surface area contributed by atoms with Gasteiger partial charge in [0.15, 0.2) is 0 Å². The molecule has 5 heteroatoms. The van der Waals surface area contributed by atoms with E-state index >= 15 is 0 Å². The van der Waals surface area contributed by atoms with Crippen molar-refractivity contribution in [2.75, 3.05) is 0 Å². The Hall–Kier alpha value is -0.110. The van der Waals surface area contributed by atoms with E-state index in [1.807, 2.05) is 0 Å². The molecule has 0 spiro atoms. The van der Waals surface area contributed by atoms with E-state index in [2.05, 4.69) is 61.6 Å². The quantitative estimate of drug-likeness (QED) is 0.409. The van der Waals surface area contributed by atoms with Gasteiger partial charge in [0, 0.05) is 0 Å². The van der Waals surface area contributed by atoms with Gasteiger partial charge in [-0.05, 0) is 0 Å². The van der Waals surface area contributed by atoms with Crippen LogP contribution < -0.4 is 28.1 Å². The number of benzene rings is 2. The summed E-state index contributed by atoms with van der Waals surface area (Å²) in [7, 11) is -0.839. The standard InChI is InChI=1S/C13H9.C7H10ClSi.2ClH.Zr/c1-3-7-12-10(5-1)9-11-6-2-4-8-13(11)12;1-9(2)7-5-3-4-6(7)8;;;/h1-5,7-8H,9H2;4,9H,3H2,1-2H3;2*1H;/q;;;;+2/p-2. The molecule has 2 aliphatic carbocycles. The maximum absolute atomic E-state index is 6.49. The molecule has 2 aromatic rings. The molecular formula is C20H19Cl3SiZr. The van der Waals surface area contributed by atoms with E-state index in [4.69, 9.17) is 11.6 Å². The maximum atomic E-state index is 6.49. The molecule has 0 amide bonds. The molecule has 0 aromatic heterocycles. The molecule has 0 saturated heterocycles. The minimum atomic E-state index is -0.839. The average Bonchev–Trinajstić information content (AvgIpc) is 3.09. The molecule has 0 bridgehead atoms. The molecule has 2 aliphatic rings. The molecule has 0 N–H and O–H groups in total. The molecule has 128 valence electrons. The maximum Gasteiger partial charge on any atom is -1.00 e. The normalized spacial score (nSPS) is 14.3. The fourth-order valence-electron chi connectivity index (χ4n) is 3.74. The van der Waals surface area contributed by atoms with Crippen molar-refractivity contribution in [1.82, 2.24) is 0 Å². The number of rotatable bonds is 3. The van der Waals surface area contributed by atoms with Crippen LogP contribution in [0, 0.1) is 0 Å². The predicted octanol–water partition coefficient (Wildman–Crippen LogP) is -1.22. The molecular weight excluding hydrogens is 466 g/mol. The summed E-state index contributed by atoms with van der Waals surface area (Å²) in [4.78, 5) is 0. The molecule has 0 fully saturated rings. The van der Waals surface area contributed by atoms with Crippen molar-refractivity contribution in [1.29, 1.82) is 0 Å². The van der Waals surface area contributed by atoms with Gasteiger partial charge in [-0.1, -0.05) is 0 Å². The summed E-state index contributed by atoms with van der Waals surface area (Å²) in [6.07, 6.45) is 4.48. The monoisotopic (exact) mass is 482 g/mol. The Bertz CT molecular complexity index is 856. The second kappa shape index (κ2) is 8.72. The van der Waals surface area contributed by atoms with Gasteiger partial charge in [0.05, 0.1) is 0 Å². The van der Waals surface area contributed by atoms with Crippen LogP contribution in [0.1, 0.15) is 17.5 Å². The van der Waals surface area contributed by atoms with Gasteiger partial charge in [-0.15, -0.1) is 0 Å². The summed E-state index contributed by atoms with van der Waals surface area (Å²) < 4.78 is 3.38. The van der Waals surface area contributed by atoms with E-state index < -0.39 is 32.0 Å². The average molecular weight is 485 g/mol. The van der Waals surface area contributed by atoms with Gasteiger partial charge in [-0.2, -0.15) is 0 Å². The van der Waals surface area contributed by atoms with Gasteiger partial charge in [0.1, 0.15) is 0 Å². The first-order valence-corrected chi connectivity index (χ1v) is 13.9. The van der Waals surface area contributed by atoms with Crippen molar-refractivity contribution in [2.24, 2.45) is 0 Å². The minimum absolute atomic E-state index is 0. The van der Waals surface area contributed by atoms with Crippen LogP contribution >= 0.6 is 11.6 Å². The van der Waals surface area contributed by atoms with Crippen LogP contribution in [-0.2, 0) is 29.7 Å². The largest absolute Gasteiger partial charge is 1.00 e. The Kier molecular flexibility index (Phi) is 7.39. The van der Waals surface area contributed by atoms with E-state index in [0.717, 1.165) is 17.9 Å². The topological polar surface area (TPSA) is 0 Å². The Morgan fingerprint density at radius 3 is 2.44 bits per heavy atom. The van der Waals surface area contributed by atoms with Gasteiger partial charge in [-0.25, -0.2) is 0 Å². The summed E-state index contributed by atoms with van der Waals surface area (Å²) >= 11 is 5.74. The summed E-state index contributed by atoms with van der Waals surface area (Å²) in [5.74, 6) is 0. The second-order valence-electron chi connectivity index (χ2n) is 6.59. The SMILES string of the molecule is C[SiH](C)C1=[C]([Zr+2][c]2cccc3c2Cc2ccccc2-3)CC=C1Cl.[Cl-].[Cl-]. The van der Waals surface area contributed by atoms with Gasteiger partial charge < -0.3 is 24.8 Å². The van der Waals surface area contributed by atoms with Crippen molar-refractivity contribution >= 4 is 23.7 Å². The number of hydrogen-bond donors (Lipinski definition) is 0. The number of allylic oxidation sites excluding steroid dienone is 4. The summed E-state index contributed by atoms with van der Waals surface area (Å²) in [5, 5.41) is 2.64. The molecule has 0 aliphatic heterocycles. The molecule has 25 heavy (non-hydrogen) atoms. The van der Waals surface area contributed by atoms with Crippen LogP contribution in [0.4, 0.5) is 0 Å². The van der Waals surface area contributed by atoms with Crippen molar-refractivity contribution in [3.63, 3.8) is 0 Å². The van der Waals surface area contributed by atoms with Crippen LogP contribution in [0.2, 0.25) is 13.1 Å². The Labute approximate surface area is 180 Å². The van der Waals surface area contributed by atoms with E-state index in [9.17, 15) is 0 Å². The first kappa shape index (κ1) is 21.2. The van der Waals surface area contributed by atoms with E-state index in [-0.39, 0.29) is 24.8 Å². The van der Waals surface area contributed by atoms with Crippen LogP contribution in [0.25, 0.3) is 11.1 Å². The van der Waals surface area contributed by atoms with Crippen LogP contribution in [-0.4, -0.2) is 8.80 Å². The molecule has 0 nitrogen and oxygen atoms in total. The van der Waals surface area contributed by atoms with E-state index in [1.54, 1.807) is 17.3 Å². The van der Waals surface area contributed by atoms with Gasteiger partial charge in [0.25, 0.3) is 0 Å². The molecule has 0 saturated carbocycles. The zero-order valence-corrected chi connectivity index (χ0v) is 20.1. The fraction of sp³-hybridized carbons (Fsp3) is 0.200. The summed E-state index contributed by atoms with van der Waals surface area (Å²) in [6, 6.07) is 15.8. The third kappa shape index (κ3) is 3.94. The number of halogens is 3. The molecule has 4 rings (SSSR count). The van der Waals surface area contributed by atoms with Gasteiger partial charge in [-0.3, -0.25) is 0 Å². The smallest absolute Gasteiger partial charge is 1.00 e. The molecule has 0 heterocycles. The van der Waals surface area contributed by atoms with Crippen LogP contribution in [0.5, 0.6) is 0 Å².